The molecule has 0 unspecified atom stereocenters. The molecule has 6 heteroatoms. The van der Waals surface area contributed by atoms with Gasteiger partial charge in [-0.1, -0.05) is 6.07 Å². The molecule has 19 heavy (non-hydrogen) atoms. The number of nitrogen functional groups attached to an aromatic ring is 1. The Morgan fingerprint density at radius 2 is 1.89 bits per heavy atom. The number of amides is 2. The van der Waals surface area contributed by atoms with E-state index in [-0.39, 0.29) is 29.5 Å². The molecule has 0 aliphatic heterocycles. The lowest BCUT2D eigenvalue weighted by Gasteiger charge is -2.19. The van der Waals surface area contributed by atoms with Crippen LogP contribution >= 0.6 is 0 Å². The average Bonchev–Trinajstić information content (AvgIpc) is 2.38. The summed E-state index contributed by atoms with van der Waals surface area (Å²) in [6, 6.07) is 4.70. The van der Waals surface area contributed by atoms with Crippen LogP contribution in [0.25, 0.3) is 0 Å². The van der Waals surface area contributed by atoms with Crippen molar-refractivity contribution in [2.24, 2.45) is 5.73 Å². The van der Waals surface area contributed by atoms with Crippen LogP contribution in [0.4, 0.5) is 5.69 Å². The van der Waals surface area contributed by atoms with Crippen molar-refractivity contribution in [3.05, 3.63) is 23.8 Å². The number of primary amides is 1. The maximum atomic E-state index is 11.8. The van der Waals surface area contributed by atoms with Crippen LogP contribution in [0.3, 0.4) is 0 Å². The molecule has 0 aromatic heterocycles. The molecule has 0 saturated heterocycles. The molecule has 0 fully saturated rings. The van der Waals surface area contributed by atoms with Crippen molar-refractivity contribution >= 4 is 17.5 Å². The molecule has 0 radical (unpaired) electrons. The third-order valence-corrected chi connectivity index (χ3v) is 2.77. The number of likely N-dealkylation sites (N-methyl/N-ethyl adjacent to an activating group) is 1. The van der Waals surface area contributed by atoms with Gasteiger partial charge in [0.05, 0.1) is 11.3 Å². The zero-order valence-electron chi connectivity index (χ0n) is 11.2. The molecule has 0 heterocycles. The van der Waals surface area contributed by atoms with Crippen LogP contribution in [0.1, 0.15) is 24.2 Å². The standard InChI is InChI=1S/C13H19N3O3/c1-3-16(4-2)11(17)8-19-12-9(13(15)18)6-5-7-10(12)14/h5-7H,3-4,8,14H2,1-2H3,(H2,15,18). The lowest BCUT2D eigenvalue weighted by Crippen LogP contribution is -2.34. The number of nitrogens with zero attached hydrogens (tertiary/aromatic N) is 1. The van der Waals surface area contributed by atoms with E-state index in [9.17, 15) is 9.59 Å². The van der Waals surface area contributed by atoms with Gasteiger partial charge in [-0.3, -0.25) is 9.59 Å². The summed E-state index contributed by atoms with van der Waals surface area (Å²) in [7, 11) is 0. The van der Waals surface area contributed by atoms with Crippen LogP contribution in [0.5, 0.6) is 5.75 Å². The molecule has 1 aromatic rings. The summed E-state index contributed by atoms with van der Waals surface area (Å²) in [6.45, 7) is 4.80. The van der Waals surface area contributed by atoms with E-state index in [1.807, 2.05) is 13.8 Å². The second kappa shape index (κ2) is 6.63. The molecule has 104 valence electrons. The quantitative estimate of drug-likeness (QED) is 0.736. The Morgan fingerprint density at radius 1 is 1.26 bits per heavy atom. The van der Waals surface area contributed by atoms with Gasteiger partial charge in [0.15, 0.2) is 12.4 Å². The van der Waals surface area contributed by atoms with Crippen molar-refractivity contribution in [1.82, 2.24) is 4.90 Å². The minimum atomic E-state index is -0.641. The summed E-state index contributed by atoms with van der Waals surface area (Å²) in [5.74, 6) is -0.642. The van der Waals surface area contributed by atoms with Crippen LogP contribution in [0.15, 0.2) is 18.2 Å². The average molecular weight is 265 g/mol. The summed E-state index contributed by atoms with van der Waals surface area (Å²) >= 11 is 0. The summed E-state index contributed by atoms with van der Waals surface area (Å²) in [4.78, 5) is 24.7. The first kappa shape index (κ1) is 14.8. The zero-order chi connectivity index (χ0) is 14.4. The Labute approximate surface area is 112 Å². The van der Waals surface area contributed by atoms with E-state index >= 15 is 0 Å². The number of carbonyl (C=O) groups is 2. The topological polar surface area (TPSA) is 98.7 Å². The van der Waals surface area contributed by atoms with E-state index in [0.29, 0.717) is 13.1 Å². The summed E-state index contributed by atoms with van der Waals surface area (Å²) in [5.41, 5.74) is 11.4. The van der Waals surface area contributed by atoms with Gasteiger partial charge in [0.2, 0.25) is 0 Å². The molecule has 0 spiro atoms. The molecule has 4 N–H and O–H groups in total. The van der Waals surface area contributed by atoms with Crippen molar-refractivity contribution in [1.29, 1.82) is 0 Å². The van der Waals surface area contributed by atoms with E-state index in [1.165, 1.54) is 6.07 Å². The maximum absolute atomic E-state index is 11.8. The number of para-hydroxylation sites is 1. The first-order valence-electron chi connectivity index (χ1n) is 6.10. The maximum Gasteiger partial charge on any atom is 0.260 e. The largest absolute Gasteiger partial charge is 0.481 e. The molecular formula is C13H19N3O3. The molecular weight excluding hydrogens is 246 g/mol. The van der Waals surface area contributed by atoms with Crippen LogP contribution in [0, 0.1) is 0 Å². The Hall–Kier alpha value is -2.24. The number of carbonyl (C=O) groups excluding carboxylic acids is 2. The monoisotopic (exact) mass is 265 g/mol. The molecule has 6 nitrogen and oxygen atoms in total. The number of benzene rings is 1. The molecule has 0 bridgehead atoms. The highest BCUT2D eigenvalue weighted by atomic mass is 16.5. The van der Waals surface area contributed by atoms with Crippen LogP contribution in [-0.2, 0) is 4.79 Å². The van der Waals surface area contributed by atoms with E-state index in [1.54, 1.807) is 17.0 Å². The molecule has 0 saturated carbocycles. The van der Waals surface area contributed by atoms with Gasteiger partial charge < -0.3 is 21.1 Å². The molecule has 0 atom stereocenters. The Bertz CT molecular complexity index is 470. The van der Waals surface area contributed by atoms with Crippen molar-refractivity contribution < 1.29 is 14.3 Å². The van der Waals surface area contributed by atoms with Crippen molar-refractivity contribution in [2.45, 2.75) is 13.8 Å². The normalized spacial score (nSPS) is 10.0. The number of hydrogen-bond acceptors (Lipinski definition) is 4. The first-order chi connectivity index (χ1) is 9.01. The van der Waals surface area contributed by atoms with Crippen LogP contribution in [-0.4, -0.2) is 36.4 Å². The Morgan fingerprint density at radius 3 is 2.42 bits per heavy atom. The van der Waals surface area contributed by atoms with Crippen molar-refractivity contribution in [3.8, 4) is 5.75 Å². The molecule has 1 aromatic carbocycles. The summed E-state index contributed by atoms with van der Waals surface area (Å²) in [6.07, 6.45) is 0. The minimum Gasteiger partial charge on any atom is -0.481 e. The van der Waals surface area contributed by atoms with Crippen molar-refractivity contribution in [3.63, 3.8) is 0 Å². The highest BCUT2D eigenvalue weighted by molar-refractivity contribution is 5.97. The Balaban J connectivity index is 2.83. The molecule has 0 aliphatic rings. The summed E-state index contributed by atoms with van der Waals surface area (Å²) < 4.78 is 5.36. The fourth-order valence-corrected chi connectivity index (χ4v) is 1.71. The lowest BCUT2D eigenvalue weighted by atomic mass is 10.1. The Kier molecular flexibility index (Phi) is 5.17. The SMILES string of the molecule is CCN(CC)C(=O)COc1c(N)cccc1C(N)=O. The third-order valence-electron chi connectivity index (χ3n) is 2.77. The van der Waals surface area contributed by atoms with Gasteiger partial charge in [0.25, 0.3) is 11.8 Å². The predicted molar refractivity (Wildman–Crippen MR) is 72.8 cm³/mol. The van der Waals surface area contributed by atoms with Crippen LogP contribution in [0.2, 0.25) is 0 Å². The number of ether oxygens (including phenoxy) is 1. The highest BCUT2D eigenvalue weighted by Gasteiger charge is 2.15. The molecule has 2 amide bonds. The smallest absolute Gasteiger partial charge is 0.260 e. The van der Waals surface area contributed by atoms with Gasteiger partial charge in [-0.05, 0) is 26.0 Å². The van der Waals surface area contributed by atoms with E-state index in [0.717, 1.165) is 0 Å². The van der Waals surface area contributed by atoms with E-state index in [2.05, 4.69) is 0 Å². The zero-order valence-corrected chi connectivity index (χ0v) is 11.2. The van der Waals surface area contributed by atoms with Gasteiger partial charge >= 0.3 is 0 Å². The van der Waals surface area contributed by atoms with Gasteiger partial charge in [0, 0.05) is 13.1 Å². The van der Waals surface area contributed by atoms with Crippen LogP contribution < -0.4 is 16.2 Å². The fourth-order valence-electron chi connectivity index (χ4n) is 1.71. The fraction of sp³-hybridized carbons (Fsp3) is 0.385. The van der Waals surface area contributed by atoms with Gasteiger partial charge in [-0.25, -0.2) is 0 Å². The molecule has 1 rings (SSSR count). The van der Waals surface area contributed by atoms with Gasteiger partial charge in [0.1, 0.15) is 0 Å². The second-order valence-corrected chi connectivity index (χ2v) is 3.94. The lowest BCUT2D eigenvalue weighted by molar-refractivity contribution is -0.132. The number of anilines is 1. The highest BCUT2D eigenvalue weighted by Crippen LogP contribution is 2.25. The predicted octanol–water partition coefficient (Wildman–Crippen LogP) is 0.615. The van der Waals surface area contributed by atoms with Crippen molar-refractivity contribution in [2.75, 3.05) is 25.4 Å². The third kappa shape index (κ3) is 3.61. The van der Waals surface area contributed by atoms with Gasteiger partial charge in [-0.2, -0.15) is 0 Å². The minimum absolute atomic E-state index is 0.163. The van der Waals surface area contributed by atoms with Gasteiger partial charge in [-0.15, -0.1) is 0 Å². The first-order valence-corrected chi connectivity index (χ1v) is 6.10. The number of rotatable bonds is 6. The number of hydrogen-bond donors (Lipinski definition) is 2. The molecule has 0 aliphatic carbocycles. The number of nitrogens with two attached hydrogens (primary N) is 2. The summed E-state index contributed by atoms with van der Waals surface area (Å²) in [5, 5.41) is 0. The van der Waals surface area contributed by atoms with E-state index < -0.39 is 5.91 Å². The second-order valence-electron chi connectivity index (χ2n) is 3.94. The van der Waals surface area contributed by atoms with E-state index in [4.69, 9.17) is 16.2 Å².